The minimum Gasteiger partial charge on any atom is -0.302 e. The molecule has 0 N–H and O–H groups in total. The summed E-state index contributed by atoms with van der Waals surface area (Å²) >= 11 is 0. The second-order valence-electron chi connectivity index (χ2n) is 5.14. The van der Waals surface area contributed by atoms with Crippen LogP contribution in [0.15, 0.2) is 30.3 Å². The van der Waals surface area contributed by atoms with E-state index in [1.54, 1.807) is 0 Å². The first-order chi connectivity index (χ1) is 8.29. The minimum absolute atomic E-state index is 0.763. The Morgan fingerprint density at radius 2 is 2.06 bits per heavy atom. The van der Waals surface area contributed by atoms with E-state index in [9.17, 15) is 0 Å². The van der Waals surface area contributed by atoms with Gasteiger partial charge in [0.05, 0.1) is 0 Å². The molecular weight excluding hydrogens is 208 g/mol. The van der Waals surface area contributed by atoms with E-state index in [-0.39, 0.29) is 0 Å². The highest BCUT2D eigenvalue weighted by Gasteiger charge is 2.24. The van der Waals surface area contributed by atoms with Gasteiger partial charge in [0.15, 0.2) is 0 Å². The quantitative estimate of drug-likeness (QED) is 0.770. The summed E-state index contributed by atoms with van der Waals surface area (Å²) in [7, 11) is 2.26. The van der Waals surface area contributed by atoms with Gasteiger partial charge in [0, 0.05) is 25.7 Å². The molecule has 0 amide bonds. The maximum Gasteiger partial charge on any atom is 0.0234 e. The van der Waals surface area contributed by atoms with Crippen LogP contribution in [-0.4, -0.2) is 42.5 Å². The van der Waals surface area contributed by atoms with Crippen LogP contribution in [0.25, 0.3) is 0 Å². The maximum absolute atomic E-state index is 2.58. The zero-order valence-electron chi connectivity index (χ0n) is 11.1. The van der Waals surface area contributed by atoms with Gasteiger partial charge in [0.1, 0.15) is 0 Å². The fraction of sp³-hybridized carbons (Fsp3) is 0.600. The van der Waals surface area contributed by atoms with Crippen LogP contribution in [-0.2, 0) is 6.54 Å². The van der Waals surface area contributed by atoms with Gasteiger partial charge in [-0.15, -0.1) is 0 Å². The first kappa shape index (κ1) is 12.6. The molecule has 1 fully saturated rings. The summed E-state index contributed by atoms with van der Waals surface area (Å²) in [5.41, 5.74) is 1.44. The number of rotatable bonds is 5. The number of hydrogen-bond acceptors (Lipinski definition) is 2. The van der Waals surface area contributed by atoms with Gasteiger partial charge in [-0.05, 0) is 32.0 Å². The standard InChI is InChI=1S/C15H24N2/c1-3-10-16(2)15-9-11-17(13-15)12-14-7-5-4-6-8-14/h4-8,15H,3,9-13H2,1-2H3. The van der Waals surface area contributed by atoms with E-state index in [1.807, 2.05) is 0 Å². The van der Waals surface area contributed by atoms with Gasteiger partial charge < -0.3 is 4.90 Å². The largest absolute Gasteiger partial charge is 0.302 e. The summed E-state index contributed by atoms with van der Waals surface area (Å²) in [6, 6.07) is 11.6. The van der Waals surface area contributed by atoms with Crippen molar-refractivity contribution in [3.05, 3.63) is 35.9 Å². The lowest BCUT2D eigenvalue weighted by atomic mass is 10.2. The molecule has 1 unspecified atom stereocenters. The number of hydrogen-bond donors (Lipinski definition) is 0. The number of benzene rings is 1. The van der Waals surface area contributed by atoms with Gasteiger partial charge in [0.2, 0.25) is 0 Å². The summed E-state index contributed by atoms with van der Waals surface area (Å²) < 4.78 is 0. The zero-order chi connectivity index (χ0) is 12.1. The summed E-state index contributed by atoms with van der Waals surface area (Å²) in [6.45, 7) is 7.06. The topological polar surface area (TPSA) is 6.48 Å². The van der Waals surface area contributed by atoms with E-state index in [1.165, 1.54) is 38.0 Å². The molecule has 1 aliphatic rings. The first-order valence-electron chi connectivity index (χ1n) is 6.76. The Morgan fingerprint density at radius 1 is 1.29 bits per heavy atom. The Hall–Kier alpha value is -0.860. The van der Waals surface area contributed by atoms with Crippen molar-refractivity contribution in [3.8, 4) is 0 Å². The second kappa shape index (κ2) is 6.18. The van der Waals surface area contributed by atoms with Crippen LogP contribution in [0.1, 0.15) is 25.3 Å². The molecule has 0 radical (unpaired) electrons. The van der Waals surface area contributed by atoms with Crippen molar-refractivity contribution in [2.45, 2.75) is 32.4 Å². The molecule has 1 atom stereocenters. The van der Waals surface area contributed by atoms with Crippen molar-refractivity contribution in [1.29, 1.82) is 0 Å². The van der Waals surface area contributed by atoms with Crippen molar-refractivity contribution in [1.82, 2.24) is 9.80 Å². The summed E-state index contributed by atoms with van der Waals surface area (Å²) in [6.07, 6.45) is 2.58. The van der Waals surface area contributed by atoms with Crippen molar-refractivity contribution in [3.63, 3.8) is 0 Å². The summed E-state index contributed by atoms with van der Waals surface area (Å²) in [4.78, 5) is 5.09. The third-order valence-electron chi connectivity index (χ3n) is 3.70. The highest BCUT2D eigenvalue weighted by molar-refractivity contribution is 5.14. The van der Waals surface area contributed by atoms with Crippen LogP contribution in [0, 0.1) is 0 Å². The van der Waals surface area contributed by atoms with Crippen LogP contribution < -0.4 is 0 Å². The van der Waals surface area contributed by atoms with Gasteiger partial charge in [-0.3, -0.25) is 4.90 Å². The third-order valence-corrected chi connectivity index (χ3v) is 3.70. The lowest BCUT2D eigenvalue weighted by Gasteiger charge is -2.24. The van der Waals surface area contributed by atoms with Crippen LogP contribution in [0.5, 0.6) is 0 Å². The van der Waals surface area contributed by atoms with Crippen molar-refractivity contribution < 1.29 is 0 Å². The molecule has 0 aliphatic carbocycles. The van der Waals surface area contributed by atoms with Gasteiger partial charge in [-0.1, -0.05) is 37.3 Å². The van der Waals surface area contributed by atoms with Crippen LogP contribution in [0.4, 0.5) is 0 Å². The molecule has 1 aromatic rings. The SMILES string of the molecule is CCCN(C)C1CCN(Cc2ccccc2)C1. The number of likely N-dealkylation sites (tertiary alicyclic amines) is 1. The van der Waals surface area contributed by atoms with Crippen LogP contribution >= 0.6 is 0 Å². The summed E-state index contributed by atoms with van der Waals surface area (Å²) in [5, 5.41) is 0. The van der Waals surface area contributed by atoms with Crippen molar-refractivity contribution in [2.75, 3.05) is 26.7 Å². The number of nitrogens with zero attached hydrogens (tertiary/aromatic N) is 2. The minimum atomic E-state index is 0.763. The molecule has 0 spiro atoms. The molecule has 0 saturated carbocycles. The van der Waals surface area contributed by atoms with Gasteiger partial charge in [0.25, 0.3) is 0 Å². The molecule has 2 nitrogen and oxygen atoms in total. The predicted octanol–water partition coefficient (Wildman–Crippen LogP) is 2.60. The Balaban J connectivity index is 1.82. The van der Waals surface area contributed by atoms with Crippen LogP contribution in [0.2, 0.25) is 0 Å². The molecule has 2 rings (SSSR count). The number of likely N-dealkylation sites (N-methyl/N-ethyl adjacent to an activating group) is 1. The molecule has 2 heteroatoms. The fourth-order valence-corrected chi connectivity index (χ4v) is 2.69. The molecule has 0 aromatic heterocycles. The first-order valence-corrected chi connectivity index (χ1v) is 6.76. The second-order valence-corrected chi connectivity index (χ2v) is 5.14. The van der Waals surface area contributed by atoms with Crippen molar-refractivity contribution >= 4 is 0 Å². The van der Waals surface area contributed by atoms with Gasteiger partial charge >= 0.3 is 0 Å². The molecule has 94 valence electrons. The van der Waals surface area contributed by atoms with E-state index in [0.717, 1.165) is 12.6 Å². The maximum atomic E-state index is 2.58. The Morgan fingerprint density at radius 3 is 2.76 bits per heavy atom. The highest BCUT2D eigenvalue weighted by atomic mass is 15.2. The van der Waals surface area contributed by atoms with E-state index in [4.69, 9.17) is 0 Å². The average Bonchev–Trinajstić information content (AvgIpc) is 2.79. The van der Waals surface area contributed by atoms with Crippen LogP contribution in [0.3, 0.4) is 0 Å². The van der Waals surface area contributed by atoms with E-state index in [2.05, 4.69) is 54.1 Å². The fourth-order valence-electron chi connectivity index (χ4n) is 2.69. The zero-order valence-corrected chi connectivity index (χ0v) is 11.1. The smallest absolute Gasteiger partial charge is 0.0234 e. The lowest BCUT2D eigenvalue weighted by Crippen LogP contribution is -2.34. The van der Waals surface area contributed by atoms with E-state index in [0.29, 0.717) is 0 Å². The predicted molar refractivity (Wildman–Crippen MR) is 73.0 cm³/mol. The van der Waals surface area contributed by atoms with E-state index >= 15 is 0 Å². The molecule has 1 aliphatic heterocycles. The third kappa shape index (κ3) is 3.55. The average molecular weight is 232 g/mol. The molecule has 17 heavy (non-hydrogen) atoms. The normalized spacial score (nSPS) is 21.2. The lowest BCUT2D eigenvalue weighted by molar-refractivity contribution is 0.230. The van der Waals surface area contributed by atoms with E-state index < -0.39 is 0 Å². The summed E-state index contributed by atoms with van der Waals surface area (Å²) in [5.74, 6) is 0. The van der Waals surface area contributed by atoms with Gasteiger partial charge in [-0.2, -0.15) is 0 Å². The Labute approximate surface area is 105 Å². The van der Waals surface area contributed by atoms with Crippen molar-refractivity contribution in [2.24, 2.45) is 0 Å². The molecule has 1 heterocycles. The van der Waals surface area contributed by atoms with Gasteiger partial charge in [-0.25, -0.2) is 0 Å². The monoisotopic (exact) mass is 232 g/mol. The molecule has 0 bridgehead atoms. The molecule has 1 aromatic carbocycles. The molecular formula is C15H24N2. The Bertz CT molecular complexity index is 323. The molecule has 1 saturated heterocycles. The Kier molecular flexibility index (Phi) is 4.57. The highest BCUT2D eigenvalue weighted by Crippen LogP contribution is 2.17.